The zero-order valence-electron chi connectivity index (χ0n) is 15.7. The lowest BCUT2D eigenvalue weighted by Gasteiger charge is -2.32. The first-order valence-corrected chi connectivity index (χ1v) is 9.44. The van der Waals surface area contributed by atoms with E-state index in [2.05, 4.69) is 24.6 Å². The van der Waals surface area contributed by atoms with Gasteiger partial charge in [-0.05, 0) is 39.0 Å². The van der Waals surface area contributed by atoms with Crippen LogP contribution >= 0.6 is 0 Å². The highest BCUT2D eigenvalue weighted by atomic mass is 16.5. The zero-order chi connectivity index (χ0) is 19.0. The third kappa shape index (κ3) is 3.22. The van der Waals surface area contributed by atoms with Crippen molar-refractivity contribution in [1.29, 1.82) is 0 Å². The number of imidazole rings is 1. The van der Waals surface area contributed by atoms with Gasteiger partial charge in [-0.3, -0.25) is 4.79 Å². The quantitative estimate of drug-likeness (QED) is 0.756. The van der Waals surface area contributed by atoms with Crippen LogP contribution < -0.4 is 0 Å². The predicted molar refractivity (Wildman–Crippen MR) is 95.4 cm³/mol. The third-order valence-electron chi connectivity index (χ3n) is 5.47. The zero-order valence-corrected chi connectivity index (χ0v) is 15.7. The summed E-state index contributed by atoms with van der Waals surface area (Å²) in [6, 6.07) is -0.00635. The summed E-state index contributed by atoms with van der Waals surface area (Å²) in [7, 11) is 1.32. The van der Waals surface area contributed by atoms with Crippen LogP contribution in [-0.4, -0.2) is 61.5 Å². The molecule has 0 N–H and O–H groups in total. The molecule has 0 radical (unpaired) electrons. The van der Waals surface area contributed by atoms with Crippen molar-refractivity contribution >= 4 is 11.9 Å². The minimum Gasteiger partial charge on any atom is -0.464 e. The van der Waals surface area contributed by atoms with Gasteiger partial charge in [0, 0.05) is 19.6 Å². The van der Waals surface area contributed by atoms with E-state index in [9.17, 15) is 9.59 Å². The van der Waals surface area contributed by atoms with Crippen molar-refractivity contribution in [2.24, 2.45) is 0 Å². The van der Waals surface area contributed by atoms with Gasteiger partial charge in [-0.25, -0.2) is 14.5 Å². The number of carbonyl (C=O) groups excluding carboxylic acids is 2. The van der Waals surface area contributed by atoms with Crippen molar-refractivity contribution in [1.82, 2.24) is 29.4 Å². The summed E-state index contributed by atoms with van der Waals surface area (Å²) in [6.07, 6.45) is 6.49. The van der Waals surface area contributed by atoms with Gasteiger partial charge in [0.15, 0.2) is 5.69 Å². The molecule has 2 aliphatic heterocycles. The molecule has 144 valence electrons. The maximum Gasteiger partial charge on any atom is 0.360 e. The topological polar surface area (TPSA) is 95.1 Å². The van der Waals surface area contributed by atoms with E-state index in [0.717, 1.165) is 50.2 Å². The summed E-state index contributed by atoms with van der Waals surface area (Å²) < 4.78 is 8.52. The van der Waals surface area contributed by atoms with Crippen molar-refractivity contribution in [2.45, 2.75) is 51.6 Å². The van der Waals surface area contributed by atoms with E-state index in [-0.39, 0.29) is 17.6 Å². The first kappa shape index (κ1) is 17.7. The Bertz CT molecular complexity index is 871. The van der Waals surface area contributed by atoms with Crippen molar-refractivity contribution in [3.05, 3.63) is 29.1 Å². The summed E-state index contributed by atoms with van der Waals surface area (Å²) in [5, 5.41) is 7.93. The molecule has 1 saturated heterocycles. The number of carbonyl (C=O) groups is 2. The predicted octanol–water partition coefficient (Wildman–Crippen LogP) is 1.38. The normalized spacial score (nSPS) is 19.6. The number of methoxy groups -OCH3 is 1. The number of aromatic nitrogens is 5. The second-order valence-electron chi connectivity index (χ2n) is 7.19. The van der Waals surface area contributed by atoms with Gasteiger partial charge in [0.1, 0.15) is 11.5 Å². The molecule has 9 heteroatoms. The van der Waals surface area contributed by atoms with E-state index in [4.69, 9.17) is 0 Å². The van der Waals surface area contributed by atoms with Crippen LogP contribution in [0.25, 0.3) is 0 Å². The third-order valence-corrected chi connectivity index (χ3v) is 5.47. The Hall–Kier alpha value is -2.71. The van der Waals surface area contributed by atoms with Gasteiger partial charge in [0.2, 0.25) is 0 Å². The van der Waals surface area contributed by atoms with Gasteiger partial charge in [-0.2, -0.15) is 0 Å². The van der Waals surface area contributed by atoms with Gasteiger partial charge < -0.3 is 14.2 Å². The number of esters is 1. The first-order valence-electron chi connectivity index (χ1n) is 9.44. The number of likely N-dealkylation sites (tertiary alicyclic amines) is 1. The lowest BCUT2D eigenvalue weighted by molar-refractivity contribution is 0.0592. The Morgan fingerprint density at radius 2 is 2.07 bits per heavy atom. The fourth-order valence-corrected chi connectivity index (χ4v) is 4.05. The molecule has 4 rings (SSSR count). The molecule has 27 heavy (non-hydrogen) atoms. The highest BCUT2D eigenvalue weighted by Crippen LogP contribution is 2.26. The van der Waals surface area contributed by atoms with Crippen LogP contribution in [0.1, 0.15) is 64.2 Å². The van der Waals surface area contributed by atoms with Gasteiger partial charge in [-0.1, -0.05) is 5.21 Å². The molecule has 0 spiro atoms. The lowest BCUT2D eigenvalue weighted by atomic mass is 10.0. The largest absolute Gasteiger partial charge is 0.464 e. The molecule has 2 aromatic heterocycles. The van der Waals surface area contributed by atoms with Crippen molar-refractivity contribution in [3.63, 3.8) is 0 Å². The summed E-state index contributed by atoms with van der Waals surface area (Å²) in [5.74, 6) is 0.400. The molecular weight excluding hydrogens is 348 g/mol. The van der Waals surface area contributed by atoms with Crippen molar-refractivity contribution in [2.75, 3.05) is 20.2 Å². The number of nitrogens with zero attached hydrogens (tertiary/aromatic N) is 6. The van der Waals surface area contributed by atoms with Crippen molar-refractivity contribution < 1.29 is 14.3 Å². The highest BCUT2D eigenvalue weighted by Gasteiger charge is 2.31. The van der Waals surface area contributed by atoms with Crippen LogP contribution in [0.5, 0.6) is 0 Å². The fraction of sp³-hybridized carbons (Fsp3) is 0.611. The van der Waals surface area contributed by atoms with E-state index in [1.807, 2.05) is 11.8 Å². The maximum absolute atomic E-state index is 13.2. The molecule has 0 unspecified atom stereocenters. The van der Waals surface area contributed by atoms with E-state index < -0.39 is 5.97 Å². The number of rotatable bonds is 3. The minimum absolute atomic E-state index is 0.00635. The van der Waals surface area contributed by atoms with E-state index in [1.54, 1.807) is 10.9 Å². The Morgan fingerprint density at radius 1 is 1.22 bits per heavy atom. The van der Waals surface area contributed by atoms with E-state index in [0.29, 0.717) is 18.8 Å². The number of amides is 1. The Morgan fingerprint density at radius 3 is 2.89 bits per heavy atom. The second-order valence-corrected chi connectivity index (χ2v) is 7.19. The van der Waals surface area contributed by atoms with Gasteiger partial charge in [0.25, 0.3) is 5.91 Å². The van der Waals surface area contributed by atoms with Crippen LogP contribution in [0.2, 0.25) is 0 Å². The summed E-state index contributed by atoms with van der Waals surface area (Å²) >= 11 is 0. The molecule has 0 bridgehead atoms. The standard InChI is InChI=1S/C18H24N6O3/c1-12-19-16(15-7-3-4-9-23(12)15)17(25)22-8-5-6-13(10-22)24-11-14(20-21-24)18(26)27-2/h11,13H,3-10H2,1-2H3/t13-/m0/s1. The number of ether oxygens (including phenoxy) is 1. The number of hydrogen-bond donors (Lipinski definition) is 0. The van der Waals surface area contributed by atoms with Crippen LogP contribution in [0.3, 0.4) is 0 Å². The molecule has 2 aromatic rings. The first-order chi connectivity index (χ1) is 13.1. The van der Waals surface area contributed by atoms with Gasteiger partial charge >= 0.3 is 5.97 Å². The van der Waals surface area contributed by atoms with Crippen LogP contribution in [0.4, 0.5) is 0 Å². The summed E-state index contributed by atoms with van der Waals surface area (Å²) in [4.78, 5) is 31.2. The van der Waals surface area contributed by atoms with Crippen LogP contribution in [-0.2, 0) is 17.7 Å². The number of fused-ring (bicyclic) bond motifs is 1. The smallest absolute Gasteiger partial charge is 0.360 e. The van der Waals surface area contributed by atoms with E-state index in [1.165, 1.54) is 7.11 Å². The monoisotopic (exact) mass is 372 g/mol. The number of hydrogen-bond acceptors (Lipinski definition) is 6. The highest BCUT2D eigenvalue weighted by molar-refractivity contribution is 5.93. The van der Waals surface area contributed by atoms with Crippen molar-refractivity contribution in [3.8, 4) is 0 Å². The molecule has 4 heterocycles. The lowest BCUT2D eigenvalue weighted by Crippen LogP contribution is -2.41. The Labute approximate surface area is 157 Å². The van der Waals surface area contributed by atoms with Gasteiger partial charge in [0.05, 0.1) is 25.0 Å². The summed E-state index contributed by atoms with van der Waals surface area (Å²) in [5.41, 5.74) is 1.85. The molecule has 1 amide bonds. The summed E-state index contributed by atoms with van der Waals surface area (Å²) in [6.45, 7) is 4.15. The molecule has 0 aliphatic carbocycles. The van der Waals surface area contributed by atoms with Crippen LogP contribution in [0, 0.1) is 6.92 Å². The van der Waals surface area contributed by atoms with Crippen LogP contribution in [0.15, 0.2) is 6.20 Å². The molecule has 9 nitrogen and oxygen atoms in total. The number of aryl methyl sites for hydroxylation is 1. The SMILES string of the molecule is COC(=O)c1cn([C@H]2CCCN(C(=O)c3nc(C)n4c3CCCC4)C2)nn1. The minimum atomic E-state index is -0.509. The molecule has 2 aliphatic rings. The second kappa shape index (κ2) is 7.13. The molecule has 0 saturated carbocycles. The van der Waals surface area contributed by atoms with Gasteiger partial charge in [-0.15, -0.1) is 5.10 Å². The Balaban J connectivity index is 1.52. The molecule has 1 fully saturated rings. The average molecular weight is 372 g/mol. The number of piperidine rings is 1. The van der Waals surface area contributed by atoms with E-state index >= 15 is 0 Å². The fourth-order valence-electron chi connectivity index (χ4n) is 4.05. The molecular formula is C18H24N6O3. The molecule has 1 atom stereocenters. The average Bonchev–Trinajstić information content (AvgIpc) is 3.33. The Kier molecular flexibility index (Phi) is 4.67. The molecule has 0 aromatic carbocycles. The maximum atomic E-state index is 13.2.